The molecule has 2 rings (SSSR count). The van der Waals surface area contributed by atoms with Crippen LogP contribution >= 0.6 is 0 Å². The van der Waals surface area contributed by atoms with Gasteiger partial charge in [0, 0.05) is 7.05 Å². The molecule has 1 aromatic carbocycles. The molecule has 0 radical (unpaired) electrons. The fourth-order valence-electron chi connectivity index (χ4n) is 1.69. The number of aromatic nitrogens is 2. The Hall–Kier alpha value is -1.75. The van der Waals surface area contributed by atoms with Crippen LogP contribution in [0, 0.1) is 0 Å². The first-order valence-corrected chi connectivity index (χ1v) is 7.54. The molecule has 0 aliphatic carbocycles. The van der Waals surface area contributed by atoms with Crippen LogP contribution in [0.4, 0.5) is 0 Å². The fourth-order valence-corrected chi connectivity index (χ4v) is 2.21. The minimum atomic E-state index is -1.26. The van der Waals surface area contributed by atoms with Gasteiger partial charge in [-0.1, -0.05) is 30.3 Å². The zero-order valence-electron chi connectivity index (χ0n) is 12.2. The van der Waals surface area contributed by atoms with E-state index in [-0.39, 0.29) is 4.75 Å². The Labute approximate surface area is 122 Å². The molecule has 106 valence electrons. The van der Waals surface area contributed by atoms with Gasteiger partial charge in [-0.3, -0.25) is 4.68 Å². The number of nitrogens with zero attached hydrogens (tertiary/aromatic N) is 3. The summed E-state index contributed by atoms with van der Waals surface area (Å²) in [7, 11) is 0.630. The molecule has 0 saturated heterocycles. The molecular formula is C15H19N3OS. The van der Waals surface area contributed by atoms with Gasteiger partial charge in [0.2, 0.25) is 0 Å². The van der Waals surface area contributed by atoms with Gasteiger partial charge in [0.05, 0.1) is 16.7 Å². The van der Waals surface area contributed by atoms with E-state index in [4.69, 9.17) is 0 Å². The molecule has 0 aliphatic rings. The molecule has 0 saturated carbocycles. The Kier molecular flexibility index (Phi) is 4.18. The van der Waals surface area contributed by atoms with Gasteiger partial charge in [0.15, 0.2) is 0 Å². The Morgan fingerprint density at radius 3 is 2.50 bits per heavy atom. The van der Waals surface area contributed by atoms with Crippen molar-refractivity contribution in [2.45, 2.75) is 25.5 Å². The van der Waals surface area contributed by atoms with Crippen LogP contribution in [0.25, 0.3) is 11.3 Å². The second kappa shape index (κ2) is 5.71. The smallest absolute Gasteiger partial charge is 0.144 e. The van der Waals surface area contributed by atoms with E-state index >= 15 is 0 Å². The van der Waals surface area contributed by atoms with E-state index in [9.17, 15) is 4.21 Å². The number of hydrogen-bond acceptors (Lipinski definition) is 2. The first-order valence-electron chi connectivity index (χ1n) is 6.43. The maximum atomic E-state index is 11.9. The van der Waals surface area contributed by atoms with Crippen LogP contribution in [-0.4, -0.2) is 25.0 Å². The summed E-state index contributed by atoms with van der Waals surface area (Å²) in [6.07, 6.45) is 1.58. The largest absolute Gasteiger partial charge is 0.267 e. The summed E-state index contributed by atoms with van der Waals surface area (Å²) in [5, 5.41) is 4.37. The summed E-state index contributed by atoms with van der Waals surface area (Å²) < 4.78 is 17.4. The standard InChI is InChI=1S/C15H19N3OS/c1-15(2,3)20(19)16-11-13-10-14(18(4)17-13)12-8-6-5-7-9-12/h5-11H,1-4H3/t20-/m0/s1. The molecule has 0 N–H and O–H groups in total. The van der Waals surface area contributed by atoms with Crippen molar-refractivity contribution in [2.24, 2.45) is 11.4 Å². The Morgan fingerprint density at radius 2 is 1.90 bits per heavy atom. The average Bonchev–Trinajstić information content (AvgIpc) is 2.77. The van der Waals surface area contributed by atoms with Gasteiger partial charge >= 0.3 is 0 Å². The van der Waals surface area contributed by atoms with E-state index in [1.54, 1.807) is 10.9 Å². The lowest BCUT2D eigenvalue weighted by atomic mass is 10.1. The number of aryl methyl sites for hydroxylation is 1. The Morgan fingerprint density at radius 1 is 1.25 bits per heavy atom. The maximum Gasteiger partial charge on any atom is 0.144 e. The van der Waals surface area contributed by atoms with Gasteiger partial charge in [0.25, 0.3) is 0 Å². The highest BCUT2D eigenvalue weighted by Crippen LogP contribution is 2.19. The van der Waals surface area contributed by atoms with Crippen molar-refractivity contribution in [2.75, 3.05) is 0 Å². The predicted octanol–water partition coefficient (Wildman–Crippen LogP) is 2.97. The quantitative estimate of drug-likeness (QED) is 0.816. The third-order valence-electron chi connectivity index (χ3n) is 2.77. The Bertz CT molecular complexity index is 639. The first kappa shape index (κ1) is 14.7. The number of rotatable bonds is 3. The highest BCUT2D eigenvalue weighted by Gasteiger charge is 2.18. The zero-order valence-corrected chi connectivity index (χ0v) is 13.0. The molecule has 20 heavy (non-hydrogen) atoms. The molecule has 1 atom stereocenters. The third kappa shape index (κ3) is 3.42. The molecule has 4 nitrogen and oxygen atoms in total. The molecule has 1 heterocycles. The highest BCUT2D eigenvalue weighted by molar-refractivity contribution is 7.85. The predicted molar refractivity (Wildman–Crippen MR) is 84.1 cm³/mol. The van der Waals surface area contributed by atoms with Crippen molar-refractivity contribution in [3.8, 4) is 11.3 Å². The summed E-state index contributed by atoms with van der Waals surface area (Å²) in [5.41, 5.74) is 2.82. The van der Waals surface area contributed by atoms with Crippen LogP contribution in [0.3, 0.4) is 0 Å². The highest BCUT2D eigenvalue weighted by atomic mass is 32.2. The number of hydrogen-bond donors (Lipinski definition) is 0. The lowest BCUT2D eigenvalue weighted by Crippen LogP contribution is -2.19. The van der Waals surface area contributed by atoms with E-state index in [1.807, 2.05) is 64.2 Å². The topological polar surface area (TPSA) is 47.2 Å². The summed E-state index contributed by atoms with van der Waals surface area (Å²) in [4.78, 5) is 0. The molecule has 0 amide bonds. The van der Waals surface area contributed by atoms with Gasteiger partial charge in [-0.15, -0.1) is 0 Å². The van der Waals surface area contributed by atoms with Crippen molar-refractivity contribution >= 4 is 17.2 Å². The van der Waals surface area contributed by atoms with E-state index in [0.29, 0.717) is 5.69 Å². The Balaban J connectivity index is 2.25. The molecule has 0 aliphatic heterocycles. The summed E-state index contributed by atoms with van der Waals surface area (Å²) in [5.74, 6) is 0. The molecule has 0 fully saturated rings. The van der Waals surface area contributed by atoms with E-state index in [1.165, 1.54) is 0 Å². The minimum Gasteiger partial charge on any atom is -0.267 e. The van der Waals surface area contributed by atoms with E-state index in [2.05, 4.69) is 9.50 Å². The molecule has 0 unspecified atom stereocenters. The van der Waals surface area contributed by atoms with Crippen LogP contribution in [0.5, 0.6) is 0 Å². The van der Waals surface area contributed by atoms with Crippen LogP contribution in [0.1, 0.15) is 26.5 Å². The van der Waals surface area contributed by atoms with Gasteiger partial charge in [-0.2, -0.15) is 9.50 Å². The van der Waals surface area contributed by atoms with E-state index < -0.39 is 11.0 Å². The van der Waals surface area contributed by atoms with Crippen molar-refractivity contribution in [1.82, 2.24) is 9.78 Å². The SMILES string of the molecule is Cn1nc(C=N[S@@](=O)C(C)(C)C)cc1-c1ccccc1. The monoisotopic (exact) mass is 289 g/mol. The first-order chi connectivity index (χ1) is 9.38. The van der Waals surface area contributed by atoms with Crippen LogP contribution in [0.15, 0.2) is 40.8 Å². The van der Waals surface area contributed by atoms with Gasteiger partial charge in [0.1, 0.15) is 16.7 Å². The van der Waals surface area contributed by atoms with Crippen molar-refractivity contribution in [3.63, 3.8) is 0 Å². The lowest BCUT2D eigenvalue weighted by molar-refractivity contribution is 0.651. The number of benzene rings is 1. The van der Waals surface area contributed by atoms with Crippen LogP contribution in [-0.2, 0) is 18.0 Å². The maximum absolute atomic E-state index is 11.9. The summed E-state index contributed by atoms with van der Waals surface area (Å²) in [6, 6.07) is 12.0. The molecule has 2 aromatic rings. The zero-order chi connectivity index (χ0) is 14.8. The third-order valence-corrected chi connectivity index (χ3v) is 4.12. The lowest BCUT2D eigenvalue weighted by Gasteiger charge is -2.12. The van der Waals surface area contributed by atoms with Crippen LogP contribution < -0.4 is 0 Å². The van der Waals surface area contributed by atoms with Gasteiger partial charge in [-0.25, -0.2) is 4.21 Å². The van der Waals surface area contributed by atoms with Crippen molar-refractivity contribution in [3.05, 3.63) is 42.1 Å². The van der Waals surface area contributed by atoms with Crippen molar-refractivity contribution < 1.29 is 4.21 Å². The summed E-state index contributed by atoms with van der Waals surface area (Å²) in [6.45, 7) is 5.69. The van der Waals surface area contributed by atoms with Gasteiger partial charge in [-0.05, 0) is 32.4 Å². The summed E-state index contributed by atoms with van der Waals surface area (Å²) >= 11 is 0. The minimum absolute atomic E-state index is 0.354. The molecule has 0 spiro atoms. The van der Waals surface area contributed by atoms with Crippen LogP contribution in [0.2, 0.25) is 0 Å². The van der Waals surface area contributed by atoms with Gasteiger partial charge < -0.3 is 0 Å². The fraction of sp³-hybridized carbons (Fsp3) is 0.333. The molecular weight excluding hydrogens is 270 g/mol. The van der Waals surface area contributed by atoms with E-state index in [0.717, 1.165) is 11.3 Å². The molecule has 5 heteroatoms. The average molecular weight is 289 g/mol. The second-order valence-electron chi connectivity index (χ2n) is 5.54. The van der Waals surface area contributed by atoms with Crippen molar-refractivity contribution in [1.29, 1.82) is 0 Å². The molecule has 0 bridgehead atoms. The normalized spacial score (nSPS) is 13.8. The second-order valence-corrected chi connectivity index (χ2v) is 7.47. The molecule has 1 aromatic heterocycles.